The summed E-state index contributed by atoms with van der Waals surface area (Å²) in [7, 11) is 1.35. The molecule has 9 heteroatoms. The standard InChI is InChI=1S/C25H24N2O5S2/c1-30-24(29)21-18-11-7-13-20(18)34-23(21)27-25(33)26-22(28)17-10-5-6-12-19(17)32-15-14-31-16-8-3-2-4-9-16/h2-6,8-10,12H,7,11,13-15H2,1H3,(H2,26,27,28,33). The summed E-state index contributed by atoms with van der Waals surface area (Å²) in [6, 6.07) is 16.3. The molecule has 0 saturated heterocycles. The summed E-state index contributed by atoms with van der Waals surface area (Å²) in [4.78, 5) is 26.4. The minimum atomic E-state index is -0.416. The molecule has 1 heterocycles. The fraction of sp³-hybridized carbons (Fsp3) is 0.240. The van der Waals surface area contributed by atoms with Gasteiger partial charge in [-0.2, -0.15) is 0 Å². The molecule has 0 spiro atoms. The zero-order chi connectivity index (χ0) is 23.9. The minimum absolute atomic E-state index is 0.0947. The Kier molecular flexibility index (Phi) is 7.76. The van der Waals surface area contributed by atoms with Gasteiger partial charge in [-0.3, -0.25) is 10.1 Å². The quantitative estimate of drug-likeness (QED) is 0.268. The number of rotatable bonds is 8. The smallest absolute Gasteiger partial charge is 0.341 e. The maximum absolute atomic E-state index is 12.9. The molecule has 4 rings (SSSR count). The Morgan fingerprint density at radius 3 is 2.53 bits per heavy atom. The van der Waals surface area contributed by atoms with Gasteiger partial charge in [0.05, 0.1) is 18.2 Å². The zero-order valence-corrected chi connectivity index (χ0v) is 20.2. The lowest BCUT2D eigenvalue weighted by Crippen LogP contribution is -2.34. The second-order valence-electron chi connectivity index (χ2n) is 7.47. The molecule has 0 atom stereocenters. The number of anilines is 1. The first kappa shape index (κ1) is 23.7. The lowest BCUT2D eigenvalue weighted by atomic mass is 10.1. The Balaban J connectivity index is 1.37. The highest BCUT2D eigenvalue weighted by Gasteiger charge is 2.28. The van der Waals surface area contributed by atoms with Crippen molar-refractivity contribution in [1.82, 2.24) is 5.32 Å². The molecule has 1 aliphatic carbocycles. The van der Waals surface area contributed by atoms with E-state index in [1.807, 2.05) is 30.3 Å². The zero-order valence-electron chi connectivity index (χ0n) is 18.6. The third kappa shape index (κ3) is 5.55. The summed E-state index contributed by atoms with van der Waals surface area (Å²) < 4.78 is 16.4. The van der Waals surface area contributed by atoms with E-state index in [2.05, 4.69) is 10.6 Å². The molecule has 1 amide bonds. The number of para-hydroxylation sites is 2. The Hall–Kier alpha value is -3.43. The van der Waals surface area contributed by atoms with Gasteiger partial charge >= 0.3 is 5.97 Å². The van der Waals surface area contributed by atoms with Gasteiger partial charge in [0.15, 0.2) is 5.11 Å². The number of fused-ring (bicyclic) bond motifs is 1. The van der Waals surface area contributed by atoms with Gasteiger partial charge in [0.25, 0.3) is 5.91 Å². The summed E-state index contributed by atoms with van der Waals surface area (Å²) >= 11 is 6.82. The molecular formula is C25H24N2O5S2. The summed E-state index contributed by atoms with van der Waals surface area (Å²) in [5, 5.41) is 6.36. The number of nitrogens with one attached hydrogen (secondary N) is 2. The maximum atomic E-state index is 12.9. The largest absolute Gasteiger partial charge is 0.490 e. The van der Waals surface area contributed by atoms with Crippen LogP contribution < -0.4 is 20.1 Å². The summed E-state index contributed by atoms with van der Waals surface area (Å²) in [5.74, 6) is 0.345. The lowest BCUT2D eigenvalue weighted by Gasteiger charge is -2.13. The van der Waals surface area contributed by atoms with Gasteiger partial charge in [0.1, 0.15) is 29.7 Å². The van der Waals surface area contributed by atoms with E-state index in [0.717, 1.165) is 35.5 Å². The summed E-state index contributed by atoms with van der Waals surface area (Å²) in [5.41, 5.74) is 1.84. The number of carbonyl (C=O) groups is 2. The number of methoxy groups -OCH3 is 1. The number of aryl methyl sites for hydroxylation is 1. The molecule has 1 aromatic heterocycles. The molecule has 0 aliphatic heterocycles. The Morgan fingerprint density at radius 2 is 1.74 bits per heavy atom. The molecule has 34 heavy (non-hydrogen) atoms. The van der Waals surface area contributed by atoms with Crippen LogP contribution >= 0.6 is 23.6 Å². The monoisotopic (exact) mass is 496 g/mol. The predicted molar refractivity (Wildman–Crippen MR) is 135 cm³/mol. The molecule has 0 radical (unpaired) electrons. The number of hydrogen-bond acceptors (Lipinski definition) is 7. The number of amides is 1. The molecule has 2 aromatic carbocycles. The fourth-order valence-corrected chi connectivity index (χ4v) is 5.26. The number of hydrogen-bond donors (Lipinski definition) is 2. The molecule has 7 nitrogen and oxygen atoms in total. The van der Waals surface area contributed by atoms with E-state index in [1.54, 1.807) is 24.3 Å². The third-order valence-electron chi connectivity index (χ3n) is 5.25. The number of benzene rings is 2. The van der Waals surface area contributed by atoms with Crippen LogP contribution in [0.5, 0.6) is 11.5 Å². The van der Waals surface area contributed by atoms with Crippen LogP contribution in [0.2, 0.25) is 0 Å². The van der Waals surface area contributed by atoms with E-state index >= 15 is 0 Å². The second-order valence-corrected chi connectivity index (χ2v) is 8.98. The third-order valence-corrected chi connectivity index (χ3v) is 6.66. The molecular weight excluding hydrogens is 472 g/mol. The molecule has 1 aliphatic rings. The van der Waals surface area contributed by atoms with Crippen molar-refractivity contribution in [2.24, 2.45) is 0 Å². The first-order valence-corrected chi connectivity index (χ1v) is 12.0. The van der Waals surface area contributed by atoms with Crippen LogP contribution in [0.15, 0.2) is 54.6 Å². The van der Waals surface area contributed by atoms with Gasteiger partial charge in [-0.05, 0) is 61.3 Å². The van der Waals surface area contributed by atoms with Crippen LogP contribution in [-0.2, 0) is 17.6 Å². The van der Waals surface area contributed by atoms with Crippen molar-refractivity contribution in [3.05, 3.63) is 76.2 Å². The van der Waals surface area contributed by atoms with Crippen molar-refractivity contribution in [3.8, 4) is 11.5 Å². The molecule has 2 N–H and O–H groups in total. The summed E-state index contributed by atoms with van der Waals surface area (Å²) in [6.45, 7) is 0.602. The number of esters is 1. The van der Waals surface area contributed by atoms with Crippen molar-refractivity contribution in [1.29, 1.82) is 0 Å². The molecule has 0 saturated carbocycles. The van der Waals surface area contributed by atoms with E-state index in [4.69, 9.17) is 26.4 Å². The SMILES string of the molecule is COC(=O)c1c(NC(=S)NC(=O)c2ccccc2OCCOc2ccccc2)sc2c1CCC2. The highest BCUT2D eigenvalue weighted by molar-refractivity contribution is 7.80. The number of thiophene rings is 1. The van der Waals surface area contributed by atoms with E-state index in [0.29, 0.717) is 28.5 Å². The van der Waals surface area contributed by atoms with Gasteiger partial charge < -0.3 is 19.5 Å². The Bertz CT molecular complexity index is 1190. The van der Waals surface area contributed by atoms with Gasteiger partial charge in [-0.15, -0.1) is 11.3 Å². The van der Waals surface area contributed by atoms with Gasteiger partial charge in [0.2, 0.25) is 0 Å². The van der Waals surface area contributed by atoms with Crippen molar-refractivity contribution in [2.75, 3.05) is 25.6 Å². The average Bonchev–Trinajstić information content (AvgIpc) is 3.43. The van der Waals surface area contributed by atoms with Gasteiger partial charge in [0, 0.05) is 4.88 Å². The molecule has 0 fully saturated rings. The molecule has 0 unspecified atom stereocenters. The summed E-state index contributed by atoms with van der Waals surface area (Å²) in [6.07, 6.45) is 2.76. The van der Waals surface area contributed by atoms with E-state index in [9.17, 15) is 9.59 Å². The van der Waals surface area contributed by atoms with E-state index in [1.165, 1.54) is 18.4 Å². The second kappa shape index (κ2) is 11.1. The van der Waals surface area contributed by atoms with Crippen LogP contribution in [0.25, 0.3) is 0 Å². The van der Waals surface area contributed by atoms with Crippen molar-refractivity contribution < 1.29 is 23.8 Å². The molecule has 176 valence electrons. The van der Waals surface area contributed by atoms with E-state index < -0.39 is 11.9 Å². The number of carbonyl (C=O) groups excluding carboxylic acids is 2. The first-order valence-electron chi connectivity index (χ1n) is 10.8. The lowest BCUT2D eigenvalue weighted by molar-refractivity contribution is 0.0601. The average molecular weight is 497 g/mol. The van der Waals surface area contributed by atoms with Crippen molar-refractivity contribution in [2.45, 2.75) is 19.3 Å². The Morgan fingerprint density at radius 1 is 1.00 bits per heavy atom. The molecule has 3 aromatic rings. The minimum Gasteiger partial charge on any atom is -0.490 e. The van der Waals surface area contributed by atoms with Crippen LogP contribution in [0.4, 0.5) is 5.00 Å². The number of thiocarbonyl (C=S) groups is 1. The van der Waals surface area contributed by atoms with Crippen molar-refractivity contribution in [3.63, 3.8) is 0 Å². The topological polar surface area (TPSA) is 85.9 Å². The van der Waals surface area contributed by atoms with E-state index in [-0.39, 0.29) is 11.7 Å². The maximum Gasteiger partial charge on any atom is 0.341 e. The Labute approximate surface area is 207 Å². The first-order chi connectivity index (χ1) is 16.6. The normalized spacial score (nSPS) is 11.9. The highest BCUT2D eigenvalue weighted by Crippen LogP contribution is 2.39. The van der Waals surface area contributed by atoms with Crippen LogP contribution in [0, 0.1) is 0 Å². The van der Waals surface area contributed by atoms with Crippen LogP contribution in [0.1, 0.15) is 37.6 Å². The van der Waals surface area contributed by atoms with Crippen molar-refractivity contribution >= 4 is 45.5 Å². The highest BCUT2D eigenvalue weighted by atomic mass is 32.1. The van der Waals surface area contributed by atoms with Gasteiger partial charge in [-0.25, -0.2) is 4.79 Å². The number of ether oxygens (including phenoxy) is 3. The fourth-order valence-electron chi connectivity index (χ4n) is 3.72. The van der Waals surface area contributed by atoms with Crippen LogP contribution in [-0.4, -0.2) is 37.3 Å². The molecule has 0 bridgehead atoms. The predicted octanol–water partition coefficient (Wildman–Crippen LogP) is 4.61. The van der Waals surface area contributed by atoms with Gasteiger partial charge in [-0.1, -0.05) is 30.3 Å². The van der Waals surface area contributed by atoms with Crippen LogP contribution in [0.3, 0.4) is 0 Å².